The Bertz CT molecular complexity index is 281. The Hall–Kier alpha value is -1.26. The summed E-state index contributed by atoms with van der Waals surface area (Å²) in [5, 5.41) is 30.1. The summed E-state index contributed by atoms with van der Waals surface area (Å²) < 4.78 is 0. The summed E-state index contributed by atoms with van der Waals surface area (Å²) in [5.74, 6) is 0.0790. The van der Waals surface area contributed by atoms with Crippen LogP contribution >= 0.6 is 0 Å². The van der Waals surface area contributed by atoms with Crippen molar-refractivity contribution in [3.63, 3.8) is 0 Å². The summed E-state index contributed by atoms with van der Waals surface area (Å²) in [6, 6.07) is 4.42. The molecule has 1 unspecified atom stereocenters. The highest BCUT2D eigenvalue weighted by Gasteiger charge is 2.06. The Morgan fingerprint density at radius 1 is 1.21 bits per heavy atom. The molecule has 0 aliphatic carbocycles. The van der Waals surface area contributed by atoms with E-state index in [4.69, 9.17) is 5.11 Å². The molecule has 0 fully saturated rings. The summed E-state index contributed by atoms with van der Waals surface area (Å²) in [6.45, 7) is 2.44. The van der Waals surface area contributed by atoms with Gasteiger partial charge >= 0.3 is 0 Å². The topological polar surface area (TPSA) is 72.7 Å². The molecule has 0 aliphatic rings. The average Bonchev–Trinajstić information content (AvgIpc) is 2.12. The second-order valence-corrected chi connectivity index (χ2v) is 3.18. The fraction of sp³-hybridized carbons (Fsp3) is 0.400. The number of benzene rings is 1. The molecule has 78 valence electrons. The molecule has 1 aromatic carbocycles. The number of aliphatic hydroxyl groups is 1. The van der Waals surface area contributed by atoms with Crippen molar-refractivity contribution < 1.29 is 15.3 Å². The van der Waals surface area contributed by atoms with Crippen molar-refractivity contribution in [3.05, 3.63) is 23.8 Å². The van der Waals surface area contributed by atoms with Gasteiger partial charge in [-0.05, 0) is 24.6 Å². The second kappa shape index (κ2) is 4.83. The van der Waals surface area contributed by atoms with Crippen molar-refractivity contribution in [2.24, 2.45) is 0 Å². The van der Waals surface area contributed by atoms with Crippen LogP contribution in [0.5, 0.6) is 11.5 Å². The van der Waals surface area contributed by atoms with Crippen LogP contribution in [0, 0.1) is 0 Å². The van der Waals surface area contributed by atoms with Gasteiger partial charge in [0.25, 0.3) is 0 Å². The summed E-state index contributed by atoms with van der Waals surface area (Å²) in [6.07, 6.45) is 0. The standard InChI is InChI=1S/C10H15NO3/c1-7(11-2-3-12)8-4-9(13)6-10(14)5-8/h4-7,11-14H,2-3H2,1H3. The first-order valence-corrected chi connectivity index (χ1v) is 4.50. The molecule has 4 nitrogen and oxygen atoms in total. The Morgan fingerprint density at radius 2 is 1.79 bits per heavy atom. The SMILES string of the molecule is CC(NCCO)c1cc(O)cc(O)c1. The van der Waals surface area contributed by atoms with Gasteiger partial charge in [0.2, 0.25) is 0 Å². The molecule has 0 amide bonds. The van der Waals surface area contributed by atoms with Crippen molar-refractivity contribution in [2.75, 3.05) is 13.2 Å². The average molecular weight is 197 g/mol. The molecule has 0 spiro atoms. The molecular weight excluding hydrogens is 182 g/mol. The maximum Gasteiger partial charge on any atom is 0.119 e. The lowest BCUT2D eigenvalue weighted by atomic mass is 10.1. The molecular formula is C10H15NO3. The van der Waals surface area contributed by atoms with E-state index < -0.39 is 0 Å². The van der Waals surface area contributed by atoms with E-state index in [1.54, 1.807) is 12.1 Å². The molecule has 0 aliphatic heterocycles. The van der Waals surface area contributed by atoms with Gasteiger partial charge in [-0.3, -0.25) is 0 Å². The van der Waals surface area contributed by atoms with Crippen LogP contribution < -0.4 is 5.32 Å². The predicted molar refractivity (Wildman–Crippen MR) is 53.3 cm³/mol. The van der Waals surface area contributed by atoms with Crippen molar-refractivity contribution in [2.45, 2.75) is 13.0 Å². The maximum atomic E-state index is 9.23. The third-order valence-electron chi connectivity index (χ3n) is 1.99. The fourth-order valence-corrected chi connectivity index (χ4v) is 1.27. The Labute approximate surface area is 82.8 Å². The highest BCUT2D eigenvalue weighted by Crippen LogP contribution is 2.24. The fourth-order valence-electron chi connectivity index (χ4n) is 1.27. The van der Waals surface area contributed by atoms with Gasteiger partial charge in [0.1, 0.15) is 11.5 Å². The molecule has 1 rings (SSSR count). The molecule has 4 N–H and O–H groups in total. The summed E-state index contributed by atoms with van der Waals surface area (Å²) in [4.78, 5) is 0. The van der Waals surface area contributed by atoms with Crippen LogP contribution in [0.2, 0.25) is 0 Å². The number of aliphatic hydroxyl groups excluding tert-OH is 1. The number of nitrogens with one attached hydrogen (secondary N) is 1. The Morgan fingerprint density at radius 3 is 2.29 bits per heavy atom. The molecule has 1 atom stereocenters. The minimum atomic E-state index is -0.0138. The van der Waals surface area contributed by atoms with E-state index in [-0.39, 0.29) is 24.1 Å². The van der Waals surface area contributed by atoms with Crippen LogP contribution in [0.15, 0.2) is 18.2 Å². The first kappa shape index (κ1) is 10.8. The zero-order valence-electron chi connectivity index (χ0n) is 8.07. The molecule has 14 heavy (non-hydrogen) atoms. The smallest absolute Gasteiger partial charge is 0.119 e. The maximum absolute atomic E-state index is 9.23. The Balaban J connectivity index is 2.73. The van der Waals surface area contributed by atoms with Crippen LogP contribution in [-0.2, 0) is 0 Å². The molecule has 4 heteroatoms. The number of phenols is 2. The summed E-state index contributed by atoms with van der Waals surface area (Å²) >= 11 is 0. The minimum absolute atomic E-state index is 0.0138. The summed E-state index contributed by atoms with van der Waals surface area (Å²) in [7, 11) is 0. The van der Waals surface area contributed by atoms with Gasteiger partial charge in [-0.2, -0.15) is 0 Å². The van der Waals surface area contributed by atoms with Crippen molar-refractivity contribution in [3.8, 4) is 11.5 Å². The molecule has 0 saturated carbocycles. The lowest BCUT2D eigenvalue weighted by molar-refractivity contribution is 0.286. The number of phenolic OH excluding ortho intramolecular Hbond substituents is 2. The van der Waals surface area contributed by atoms with Gasteiger partial charge in [0.15, 0.2) is 0 Å². The third kappa shape index (κ3) is 2.90. The van der Waals surface area contributed by atoms with Gasteiger partial charge in [0.05, 0.1) is 6.61 Å². The van der Waals surface area contributed by atoms with Crippen LogP contribution in [-0.4, -0.2) is 28.5 Å². The lowest BCUT2D eigenvalue weighted by Gasteiger charge is -2.13. The molecule has 0 saturated heterocycles. The van der Waals surface area contributed by atoms with Gasteiger partial charge < -0.3 is 20.6 Å². The summed E-state index contributed by atoms with van der Waals surface area (Å²) in [5.41, 5.74) is 0.788. The van der Waals surface area contributed by atoms with Gasteiger partial charge in [-0.1, -0.05) is 0 Å². The molecule has 0 bridgehead atoms. The van der Waals surface area contributed by atoms with Crippen LogP contribution in [0.3, 0.4) is 0 Å². The molecule has 0 radical (unpaired) electrons. The first-order valence-electron chi connectivity index (χ1n) is 4.50. The zero-order valence-corrected chi connectivity index (χ0v) is 8.07. The monoisotopic (exact) mass is 197 g/mol. The minimum Gasteiger partial charge on any atom is -0.508 e. The van der Waals surface area contributed by atoms with E-state index in [0.717, 1.165) is 5.56 Å². The number of rotatable bonds is 4. The van der Waals surface area contributed by atoms with Crippen LogP contribution in [0.4, 0.5) is 0 Å². The van der Waals surface area contributed by atoms with E-state index >= 15 is 0 Å². The van der Waals surface area contributed by atoms with E-state index in [1.807, 2.05) is 6.92 Å². The van der Waals surface area contributed by atoms with E-state index in [2.05, 4.69) is 5.32 Å². The van der Waals surface area contributed by atoms with Gasteiger partial charge in [-0.15, -0.1) is 0 Å². The highest BCUT2D eigenvalue weighted by molar-refractivity contribution is 5.37. The molecule has 1 aromatic rings. The Kier molecular flexibility index (Phi) is 3.73. The van der Waals surface area contributed by atoms with Gasteiger partial charge in [-0.25, -0.2) is 0 Å². The second-order valence-electron chi connectivity index (χ2n) is 3.18. The van der Waals surface area contributed by atoms with Crippen LogP contribution in [0.25, 0.3) is 0 Å². The molecule has 0 aromatic heterocycles. The number of aromatic hydroxyl groups is 2. The van der Waals surface area contributed by atoms with Gasteiger partial charge in [0, 0.05) is 18.7 Å². The van der Waals surface area contributed by atoms with Crippen molar-refractivity contribution in [1.82, 2.24) is 5.32 Å². The highest BCUT2D eigenvalue weighted by atomic mass is 16.3. The third-order valence-corrected chi connectivity index (χ3v) is 1.99. The molecule has 0 heterocycles. The number of hydrogen-bond donors (Lipinski definition) is 4. The lowest BCUT2D eigenvalue weighted by Crippen LogP contribution is -2.21. The van der Waals surface area contributed by atoms with Crippen molar-refractivity contribution in [1.29, 1.82) is 0 Å². The van der Waals surface area contributed by atoms with E-state index in [9.17, 15) is 10.2 Å². The quantitative estimate of drug-likeness (QED) is 0.574. The zero-order chi connectivity index (χ0) is 10.6. The predicted octanol–water partition coefficient (Wildman–Crippen LogP) is 0.741. The van der Waals surface area contributed by atoms with E-state index in [1.165, 1.54) is 6.07 Å². The van der Waals surface area contributed by atoms with Crippen molar-refractivity contribution >= 4 is 0 Å². The van der Waals surface area contributed by atoms with E-state index in [0.29, 0.717) is 6.54 Å². The largest absolute Gasteiger partial charge is 0.508 e. The van der Waals surface area contributed by atoms with Crippen LogP contribution in [0.1, 0.15) is 18.5 Å². The number of hydrogen-bond acceptors (Lipinski definition) is 4. The first-order chi connectivity index (χ1) is 6.63. The normalized spacial score (nSPS) is 12.7.